The molecule has 8 heteroatoms. The van der Waals surface area contributed by atoms with Crippen LogP contribution in [0.4, 0.5) is 0 Å². The summed E-state index contributed by atoms with van der Waals surface area (Å²) >= 11 is 0. The smallest absolute Gasteiger partial charge is 0.244 e. The molecule has 37 heavy (non-hydrogen) atoms. The summed E-state index contributed by atoms with van der Waals surface area (Å²) in [5.41, 5.74) is 2.34. The molecule has 0 atom stereocenters. The topological polar surface area (TPSA) is 72.7 Å². The molecular formula is C29H39N5O3. The van der Waals surface area contributed by atoms with Gasteiger partial charge in [0.15, 0.2) is 11.5 Å². The number of aryl methyl sites for hydroxylation is 2. The summed E-state index contributed by atoms with van der Waals surface area (Å²) in [5.74, 6) is 3.17. The Balaban J connectivity index is 1.57. The first kappa shape index (κ1) is 26.7. The third-order valence-corrected chi connectivity index (χ3v) is 6.61. The van der Waals surface area contributed by atoms with E-state index in [1.807, 2.05) is 43.9 Å². The van der Waals surface area contributed by atoms with Crippen LogP contribution in [0.3, 0.4) is 0 Å². The summed E-state index contributed by atoms with van der Waals surface area (Å²) in [7, 11) is 0. The van der Waals surface area contributed by atoms with Gasteiger partial charge in [0.05, 0.1) is 13.2 Å². The highest BCUT2D eigenvalue weighted by atomic mass is 16.5. The summed E-state index contributed by atoms with van der Waals surface area (Å²) < 4.78 is 13.9. The van der Waals surface area contributed by atoms with Crippen molar-refractivity contribution in [2.24, 2.45) is 0 Å². The zero-order chi connectivity index (χ0) is 26.0. The number of carbonyl (C=O) groups excluding carboxylic acids is 1. The maximum Gasteiger partial charge on any atom is 0.244 e. The van der Waals surface area contributed by atoms with Crippen LogP contribution in [-0.4, -0.2) is 63.3 Å². The molecule has 0 N–H and O–H groups in total. The minimum atomic E-state index is 0.0813. The Morgan fingerprint density at radius 1 is 1.00 bits per heavy atom. The summed E-state index contributed by atoms with van der Waals surface area (Å²) in [6.45, 7) is 10.8. The molecule has 0 saturated heterocycles. The van der Waals surface area contributed by atoms with Crippen LogP contribution in [0.15, 0.2) is 48.5 Å². The second-order valence-electron chi connectivity index (χ2n) is 9.53. The Hall–Kier alpha value is -3.39. The van der Waals surface area contributed by atoms with Crippen LogP contribution in [0.1, 0.15) is 49.0 Å². The van der Waals surface area contributed by atoms with E-state index in [4.69, 9.17) is 9.47 Å². The van der Waals surface area contributed by atoms with Gasteiger partial charge >= 0.3 is 0 Å². The lowest BCUT2D eigenvalue weighted by Gasteiger charge is -2.28. The number of nitrogens with zero attached hydrogens (tertiary/aromatic N) is 5. The summed E-state index contributed by atoms with van der Waals surface area (Å²) in [5, 5.41) is 4.40. The van der Waals surface area contributed by atoms with Gasteiger partial charge in [-0.1, -0.05) is 42.5 Å². The lowest BCUT2D eigenvalue weighted by atomic mass is 10.1. The first-order valence-corrected chi connectivity index (χ1v) is 13.3. The fraction of sp³-hybridized carbons (Fsp3) is 0.483. The van der Waals surface area contributed by atoms with Crippen LogP contribution in [0.5, 0.6) is 11.5 Å². The van der Waals surface area contributed by atoms with Gasteiger partial charge in [0.25, 0.3) is 0 Å². The van der Waals surface area contributed by atoms with Crippen LogP contribution >= 0.6 is 0 Å². The molecule has 1 amide bonds. The van der Waals surface area contributed by atoms with E-state index in [1.165, 1.54) is 5.56 Å². The average molecular weight is 506 g/mol. The molecule has 8 nitrogen and oxygen atoms in total. The van der Waals surface area contributed by atoms with E-state index in [0.717, 1.165) is 61.8 Å². The minimum Gasteiger partial charge on any atom is -0.490 e. The predicted molar refractivity (Wildman–Crippen MR) is 144 cm³/mol. The molecule has 1 aliphatic rings. The SMILES string of the molecule is CCOc1cccc2c1OCCCCCN(C(=O)Cn1nc(C)nc1C)CCN(Cc1ccccc1)C2. The summed E-state index contributed by atoms with van der Waals surface area (Å²) in [6, 6.07) is 16.6. The Labute approximate surface area is 220 Å². The first-order valence-electron chi connectivity index (χ1n) is 13.3. The number of amides is 1. The van der Waals surface area contributed by atoms with Crippen molar-refractivity contribution in [3.05, 3.63) is 71.3 Å². The number of hydrogen-bond donors (Lipinski definition) is 0. The van der Waals surface area contributed by atoms with Crippen molar-refractivity contribution >= 4 is 5.91 Å². The van der Waals surface area contributed by atoms with E-state index >= 15 is 0 Å². The number of ether oxygens (including phenoxy) is 2. The van der Waals surface area contributed by atoms with E-state index in [0.29, 0.717) is 32.1 Å². The Morgan fingerprint density at radius 2 is 1.84 bits per heavy atom. The normalized spacial score (nSPS) is 15.6. The zero-order valence-electron chi connectivity index (χ0n) is 22.4. The highest BCUT2D eigenvalue weighted by Gasteiger charge is 2.20. The van der Waals surface area contributed by atoms with Crippen molar-refractivity contribution < 1.29 is 14.3 Å². The van der Waals surface area contributed by atoms with Crippen molar-refractivity contribution in [3.8, 4) is 11.5 Å². The molecule has 4 rings (SSSR count). The van der Waals surface area contributed by atoms with Crippen molar-refractivity contribution in [2.75, 3.05) is 32.8 Å². The first-order chi connectivity index (χ1) is 18.0. The molecule has 0 radical (unpaired) electrons. The minimum absolute atomic E-state index is 0.0813. The largest absolute Gasteiger partial charge is 0.490 e. The number of aromatic nitrogens is 3. The van der Waals surface area contributed by atoms with Gasteiger partial charge in [0.1, 0.15) is 18.2 Å². The van der Waals surface area contributed by atoms with Gasteiger partial charge in [-0.25, -0.2) is 9.67 Å². The predicted octanol–water partition coefficient (Wildman–Crippen LogP) is 4.39. The second-order valence-corrected chi connectivity index (χ2v) is 9.53. The fourth-order valence-electron chi connectivity index (χ4n) is 4.73. The molecule has 0 saturated carbocycles. The molecule has 2 heterocycles. The van der Waals surface area contributed by atoms with E-state index < -0.39 is 0 Å². The van der Waals surface area contributed by atoms with Gasteiger partial charge in [0, 0.05) is 38.3 Å². The average Bonchev–Trinajstić information content (AvgIpc) is 3.21. The summed E-state index contributed by atoms with van der Waals surface area (Å²) in [4.78, 5) is 22.1. The number of para-hydroxylation sites is 1. The van der Waals surface area contributed by atoms with Crippen molar-refractivity contribution in [3.63, 3.8) is 0 Å². The van der Waals surface area contributed by atoms with Crippen molar-refractivity contribution in [1.82, 2.24) is 24.6 Å². The van der Waals surface area contributed by atoms with Gasteiger partial charge in [-0.2, -0.15) is 5.10 Å². The van der Waals surface area contributed by atoms with E-state index in [1.54, 1.807) is 4.68 Å². The van der Waals surface area contributed by atoms with Crippen molar-refractivity contribution in [2.45, 2.75) is 59.7 Å². The molecule has 0 aliphatic carbocycles. The molecular weight excluding hydrogens is 466 g/mol. The Bertz CT molecular complexity index is 1150. The van der Waals surface area contributed by atoms with Gasteiger partial charge in [-0.15, -0.1) is 0 Å². The maximum atomic E-state index is 13.4. The molecule has 198 valence electrons. The number of carbonyl (C=O) groups is 1. The van der Waals surface area contributed by atoms with Crippen LogP contribution in [0, 0.1) is 13.8 Å². The van der Waals surface area contributed by atoms with Crippen LogP contribution in [0.2, 0.25) is 0 Å². The molecule has 1 aromatic heterocycles. The number of fused-ring (bicyclic) bond motifs is 1. The van der Waals surface area contributed by atoms with Gasteiger partial charge in [-0.3, -0.25) is 9.69 Å². The molecule has 0 unspecified atom stereocenters. The quantitative estimate of drug-likeness (QED) is 0.495. The second kappa shape index (κ2) is 13.2. The molecule has 2 aromatic carbocycles. The van der Waals surface area contributed by atoms with E-state index in [9.17, 15) is 4.79 Å². The Kier molecular flexibility index (Phi) is 9.54. The lowest BCUT2D eigenvalue weighted by molar-refractivity contribution is -0.132. The van der Waals surface area contributed by atoms with Crippen LogP contribution in [-0.2, 0) is 24.4 Å². The van der Waals surface area contributed by atoms with Gasteiger partial charge in [-0.05, 0) is 51.7 Å². The van der Waals surface area contributed by atoms with E-state index in [2.05, 4.69) is 45.3 Å². The number of rotatable bonds is 6. The molecule has 0 bridgehead atoms. The van der Waals surface area contributed by atoms with Crippen molar-refractivity contribution in [1.29, 1.82) is 0 Å². The van der Waals surface area contributed by atoms with Gasteiger partial charge < -0.3 is 14.4 Å². The molecule has 0 spiro atoms. The Morgan fingerprint density at radius 3 is 2.59 bits per heavy atom. The fourth-order valence-corrected chi connectivity index (χ4v) is 4.73. The van der Waals surface area contributed by atoms with Crippen LogP contribution < -0.4 is 9.47 Å². The standard InChI is InChI=1S/C29H39N5O3/c1-4-36-27-15-11-14-26-21-32(20-25-12-7-5-8-13-25)17-18-33(16-9-6-10-19-37-29(26)27)28(35)22-34-24(3)30-23(2)31-34/h5,7-8,11-15H,4,6,9-10,16-22H2,1-3H3. The van der Waals surface area contributed by atoms with E-state index in [-0.39, 0.29) is 12.5 Å². The molecule has 3 aromatic rings. The monoisotopic (exact) mass is 505 g/mol. The van der Waals surface area contributed by atoms with Crippen LogP contribution in [0.25, 0.3) is 0 Å². The maximum absolute atomic E-state index is 13.4. The third kappa shape index (κ3) is 7.55. The molecule has 0 fully saturated rings. The summed E-state index contributed by atoms with van der Waals surface area (Å²) in [6.07, 6.45) is 2.85. The lowest BCUT2D eigenvalue weighted by Crippen LogP contribution is -2.40. The number of benzene rings is 2. The highest BCUT2D eigenvalue weighted by Crippen LogP contribution is 2.33. The number of hydrogen-bond acceptors (Lipinski definition) is 6. The zero-order valence-corrected chi connectivity index (χ0v) is 22.4. The van der Waals surface area contributed by atoms with Gasteiger partial charge in [0.2, 0.25) is 5.91 Å². The highest BCUT2D eigenvalue weighted by molar-refractivity contribution is 5.76. The molecule has 1 aliphatic heterocycles. The third-order valence-electron chi connectivity index (χ3n) is 6.61.